The van der Waals surface area contributed by atoms with Gasteiger partial charge in [0.15, 0.2) is 5.43 Å². The van der Waals surface area contributed by atoms with Crippen LogP contribution in [0.5, 0.6) is 0 Å². The molecule has 3 rings (SSSR count). The van der Waals surface area contributed by atoms with Gasteiger partial charge in [-0.2, -0.15) is 0 Å². The van der Waals surface area contributed by atoms with Crippen LogP contribution in [0.4, 0.5) is 0 Å². The maximum Gasteiger partial charge on any atom is 0.183 e. The van der Waals surface area contributed by atoms with Gasteiger partial charge in [0.05, 0.1) is 5.69 Å². The van der Waals surface area contributed by atoms with Crippen molar-refractivity contribution < 1.29 is 0 Å². The summed E-state index contributed by atoms with van der Waals surface area (Å²) < 4.78 is 1.88. The van der Waals surface area contributed by atoms with Crippen molar-refractivity contribution in [2.45, 2.75) is 0 Å². The number of hydrogen-bond acceptors (Lipinski definition) is 1. The second-order valence-corrected chi connectivity index (χ2v) is 4.27. The van der Waals surface area contributed by atoms with Crippen LogP contribution in [0, 0.1) is 0 Å². The standard InChI is InChI=1S/C13H9ClN2O/c14-10-3-1-9(2-4-10)12-8-16-6-5-11(17)7-13(16)15-12/h1-8,15H. The Morgan fingerprint density at radius 3 is 2.65 bits per heavy atom. The highest BCUT2D eigenvalue weighted by Gasteiger charge is 2.02. The number of aromatic nitrogens is 2. The van der Waals surface area contributed by atoms with Crippen LogP contribution < -0.4 is 5.43 Å². The summed E-state index contributed by atoms with van der Waals surface area (Å²) in [5.74, 6) is 0. The molecule has 3 nitrogen and oxygen atoms in total. The summed E-state index contributed by atoms with van der Waals surface area (Å²) in [7, 11) is 0. The highest BCUT2D eigenvalue weighted by molar-refractivity contribution is 6.30. The lowest BCUT2D eigenvalue weighted by Gasteiger charge is -1.96. The summed E-state index contributed by atoms with van der Waals surface area (Å²) in [4.78, 5) is 14.4. The van der Waals surface area contributed by atoms with Crippen LogP contribution in [0.25, 0.3) is 16.9 Å². The highest BCUT2D eigenvalue weighted by Crippen LogP contribution is 2.20. The Morgan fingerprint density at radius 2 is 1.88 bits per heavy atom. The largest absolute Gasteiger partial charge is 0.340 e. The minimum Gasteiger partial charge on any atom is -0.340 e. The highest BCUT2D eigenvalue weighted by atomic mass is 35.5. The first-order valence-corrected chi connectivity index (χ1v) is 5.57. The molecule has 0 spiro atoms. The van der Waals surface area contributed by atoms with E-state index in [4.69, 9.17) is 11.6 Å². The zero-order valence-corrected chi connectivity index (χ0v) is 9.61. The maximum absolute atomic E-state index is 11.2. The van der Waals surface area contributed by atoms with Crippen LogP contribution in [0.3, 0.4) is 0 Å². The van der Waals surface area contributed by atoms with Crippen molar-refractivity contribution in [3.05, 3.63) is 64.0 Å². The second kappa shape index (κ2) is 3.79. The molecule has 0 saturated heterocycles. The van der Waals surface area contributed by atoms with Gasteiger partial charge in [-0.05, 0) is 17.7 Å². The summed E-state index contributed by atoms with van der Waals surface area (Å²) >= 11 is 5.84. The van der Waals surface area contributed by atoms with Gasteiger partial charge in [0.25, 0.3) is 0 Å². The fraction of sp³-hybridized carbons (Fsp3) is 0. The molecule has 0 aliphatic rings. The van der Waals surface area contributed by atoms with E-state index in [9.17, 15) is 4.79 Å². The van der Waals surface area contributed by atoms with Crippen molar-refractivity contribution in [2.24, 2.45) is 0 Å². The minimum atomic E-state index is -0.00509. The van der Waals surface area contributed by atoms with E-state index in [0.717, 1.165) is 16.9 Å². The van der Waals surface area contributed by atoms with E-state index in [1.54, 1.807) is 12.3 Å². The molecule has 4 heteroatoms. The molecule has 0 bridgehead atoms. The molecule has 0 fully saturated rings. The van der Waals surface area contributed by atoms with Crippen molar-refractivity contribution in [2.75, 3.05) is 0 Å². The average molecular weight is 245 g/mol. The average Bonchev–Trinajstić information content (AvgIpc) is 2.72. The number of H-pyrrole nitrogens is 1. The van der Waals surface area contributed by atoms with E-state index >= 15 is 0 Å². The third kappa shape index (κ3) is 1.85. The van der Waals surface area contributed by atoms with Gasteiger partial charge in [-0.1, -0.05) is 23.7 Å². The number of fused-ring (bicyclic) bond motifs is 1. The van der Waals surface area contributed by atoms with Crippen molar-refractivity contribution in [1.82, 2.24) is 9.38 Å². The summed E-state index contributed by atoms with van der Waals surface area (Å²) in [6.45, 7) is 0. The first-order chi connectivity index (χ1) is 8.22. The van der Waals surface area contributed by atoms with E-state index < -0.39 is 0 Å². The molecule has 0 saturated carbocycles. The van der Waals surface area contributed by atoms with Gasteiger partial charge < -0.3 is 9.38 Å². The minimum absolute atomic E-state index is 0.00509. The number of nitrogens with one attached hydrogen (secondary N) is 1. The summed E-state index contributed by atoms with van der Waals surface area (Å²) in [6, 6.07) is 10.7. The Balaban J connectivity index is 2.17. The number of aromatic amines is 1. The molecular formula is C13H9ClN2O. The lowest BCUT2D eigenvalue weighted by molar-refractivity contribution is 1.18. The molecule has 17 heavy (non-hydrogen) atoms. The molecule has 84 valence electrons. The topological polar surface area (TPSA) is 37.3 Å². The van der Waals surface area contributed by atoms with E-state index in [1.165, 1.54) is 6.07 Å². The first kappa shape index (κ1) is 10.2. The van der Waals surface area contributed by atoms with Crippen LogP contribution in [-0.2, 0) is 0 Å². The first-order valence-electron chi connectivity index (χ1n) is 5.19. The summed E-state index contributed by atoms with van der Waals surface area (Å²) in [6.07, 6.45) is 3.69. The normalized spacial score (nSPS) is 10.9. The van der Waals surface area contributed by atoms with Gasteiger partial charge in [0.2, 0.25) is 0 Å². The number of halogens is 1. The van der Waals surface area contributed by atoms with Gasteiger partial charge in [-0.25, -0.2) is 0 Å². The zero-order valence-electron chi connectivity index (χ0n) is 8.85. The molecule has 0 aliphatic carbocycles. The Kier molecular flexibility index (Phi) is 2.27. The van der Waals surface area contributed by atoms with Gasteiger partial charge in [0.1, 0.15) is 5.65 Å². The Hall–Kier alpha value is -2.00. The summed E-state index contributed by atoms with van der Waals surface area (Å²) in [5, 5.41) is 0.708. The third-order valence-electron chi connectivity index (χ3n) is 2.64. The molecule has 2 heterocycles. The van der Waals surface area contributed by atoms with Gasteiger partial charge in [-0.3, -0.25) is 4.79 Å². The number of pyridine rings is 1. The predicted octanol–water partition coefficient (Wildman–Crippen LogP) is 2.95. The molecular weight excluding hydrogens is 236 g/mol. The Labute approximate surface area is 102 Å². The van der Waals surface area contributed by atoms with Crippen molar-refractivity contribution >= 4 is 17.2 Å². The van der Waals surface area contributed by atoms with Gasteiger partial charge in [-0.15, -0.1) is 0 Å². The van der Waals surface area contributed by atoms with Crippen molar-refractivity contribution in [3.63, 3.8) is 0 Å². The van der Waals surface area contributed by atoms with E-state index in [2.05, 4.69) is 4.98 Å². The maximum atomic E-state index is 11.2. The molecule has 3 aromatic rings. The predicted molar refractivity (Wildman–Crippen MR) is 68.5 cm³/mol. The summed E-state index contributed by atoms with van der Waals surface area (Å²) in [5.41, 5.74) is 2.76. The Morgan fingerprint density at radius 1 is 1.12 bits per heavy atom. The fourth-order valence-corrected chi connectivity index (χ4v) is 1.92. The lowest BCUT2D eigenvalue weighted by atomic mass is 10.2. The van der Waals surface area contributed by atoms with E-state index in [1.807, 2.05) is 34.9 Å². The third-order valence-corrected chi connectivity index (χ3v) is 2.89. The molecule has 0 aliphatic heterocycles. The SMILES string of the molecule is O=c1ccn2cc(-c3ccc(Cl)cc3)[nH]c2c1. The molecule has 0 atom stereocenters. The lowest BCUT2D eigenvalue weighted by Crippen LogP contribution is -1.97. The molecule has 1 N–H and O–H groups in total. The van der Waals surface area contributed by atoms with Crippen LogP contribution in [0.2, 0.25) is 5.02 Å². The number of hydrogen-bond donors (Lipinski definition) is 1. The van der Waals surface area contributed by atoms with Gasteiger partial charge in [0, 0.05) is 29.5 Å². The number of benzene rings is 1. The van der Waals surface area contributed by atoms with E-state index in [-0.39, 0.29) is 5.43 Å². The second-order valence-electron chi connectivity index (χ2n) is 3.83. The molecule has 0 amide bonds. The molecule has 0 unspecified atom stereocenters. The van der Waals surface area contributed by atoms with Crippen molar-refractivity contribution in [3.8, 4) is 11.3 Å². The van der Waals surface area contributed by atoms with Crippen LogP contribution in [0.15, 0.2) is 53.6 Å². The van der Waals surface area contributed by atoms with Crippen molar-refractivity contribution in [1.29, 1.82) is 0 Å². The molecule has 1 aromatic carbocycles. The number of nitrogens with zero attached hydrogens (tertiary/aromatic N) is 1. The number of imidazole rings is 1. The van der Waals surface area contributed by atoms with Crippen LogP contribution in [-0.4, -0.2) is 9.38 Å². The number of rotatable bonds is 1. The van der Waals surface area contributed by atoms with E-state index in [0.29, 0.717) is 5.02 Å². The van der Waals surface area contributed by atoms with Crippen LogP contribution in [0.1, 0.15) is 0 Å². The quantitative estimate of drug-likeness (QED) is 0.702. The van der Waals surface area contributed by atoms with Crippen LogP contribution >= 0.6 is 11.6 Å². The fourth-order valence-electron chi connectivity index (χ4n) is 1.79. The monoisotopic (exact) mass is 244 g/mol. The van der Waals surface area contributed by atoms with Gasteiger partial charge >= 0.3 is 0 Å². The zero-order chi connectivity index (χ0) is 11.8. The Bertz CT molecular complexity index is 725. The molecule has 0 radical (unpaired) electrons. The smallest absolute Gasteiger partial charge is 0.183 e. The molecule has 2 aromatic heterocycles.